The van der Waals surface area contributed by atoms with Crippen LogP contribution in [0.1, 0.15) is 12.5 Å². The molecule has 0 amide bonds. The minimum atomic E-state index is -0.201. The number of thioether (sulfide) groups is 1. The van der Waals surface area contributed by atoms with Crippen LogP contribution in [0.15, 0.2) is 29.1 Å². The van der Waals surface area contributed by atoms with E-state index in [0.717, 1.165) is 16.6 Å². The van der Waals surface area contributed by atoms with Crippen molar-refractivity contribution in [1.29, 1.82) is 0 Å². The second-order valence-electron chi connectivity index (χ2n) is 3.59. The summed E-state index contributed by atoms with van der Waals surface area (Å²) in [5.74, 6) is 0.664. The lowest BCUT2D eigenvalue weighted by atomic mass is 10.2. The van der Waals surface area contributed by atoms with Gasteiger partial charge in [0.25, 0.3) is 0 Å². The number of nitrogens with one attached hydrogen (secondary N) is 2. The number of aromatic amines is 2. The molecule has 0 unspecified atom stereocenters. The van der Waals surface area contributed by atoms with Crippen molar-refractivity contribution in [1.82, 2.24) is 9.97 Å². The summed E-state index contributed by atoms with van der Waals surface area (Å²) in [7, 11) is 0. The van der Waals surface area contributed by atoms with Crippen LogP contribution in [0, 0.1) is 0 Å². The van der Waals surface area contributed by atoms with Crippen LogP contribution < -0.4 is 5.69 Å². The van der Waals surface area contributed by atoms with Gasteiger partial charge in [-0.2, -0.15) is 0 Å². The lowest BCUT2D eigenvalue weighted by Crippen LogP contribution is -1.99. The first-order valence-corrected chi connectivity index (χ1v) is 6.15. The lowest BCUT2D eigenvalue weighted by Gasteiger charge is -1.94. The predicted molar refractivity (Wildman–Crippen MR) is 71.1 cm³/mol. The molecule has 0 aliphatic heterocycles. The van der Waals surface area contributed by atoms with Gasteiger partial charge in [-0.05, 0) is 17.7 Å². The van der Waals surface area contributed by atoms with E-state index in [2.05, 4.69) is 9.97 Å². The number of fused-ring (bicyclic) bond motifs is 1. The number of rotatable bonds is 3. The first-order chi connectivity index (χ1) is 8.15. The molecule has 0 aliphatic carbocycles. The number of benzene rings is 1. The Labute approximate surface area is 102 Å². The van der Waals surface area contributed by atoms with Crippen LogP contribution in [-0.4, -0.2) is 20.8 Å². The van der Waals surface area contributed by atoms with Gasteiger partial charge >= 0.3 is 5.69 Å². The molecule has 4 nitrogen and oxygen atoms in total. The van der Waals surface area contributed by atoms with Gasteiger partial charge in [0, 0.05) is 12.7 Å². The van der Waals surface area contributed by atoms with Crippen molar-refractivity contribution in [3.05, 3.63) is 40.3 Å². The summed E-state index contributed by atoms with van der Waals surface area (Å²) in [5.41, 5.74) is 2.38. The Kier molecular flexibility index (Phi) is 3.49. The second kappa shape index (κ2) is 5.05. The van der Waals surface area contributed by atoms with Crippen molar-refractivity contribution in [2.24, 2.45) is 0 Å². The Morgan fingerprint density at radius 3 is 2.88 bits per heavy atom. The fourth-order valence-corrected chi connectivity index (χ4v) is 1.93. The van der Waals surface area contributed by atoms with Crippen LogP contribution in [0.25, 0.3) is 17.1 Å². The second-order valence-corrected chi connectivity index (χ2v) is 4.79. The molecular formula is C12H12N2O2S. The van der Waals surface area contributed by atoms with Crippen LogP contribution in [0.5, 0.6) is 0 Å². The molecule has 1 aromatic heterocycles. The average Bonchev–Trinajstić information content (AvgIpc) is 2.63. The maximum atomic E-state index is 11.1. The zero-order chi connectivity index (χ0) is 12.3. The van der Waals surface area contributed by atoms with E-state index < -0.39 is 0 Å². The van der Waals surface area contributed by atoms with Gasteiger partial charge in [0.1, 0.15) is 0 Å². The fourth-order valence-electron chi connectivity index (χ4n) is 1.50. The molecule has 5 heteroatoms. The highest BCUT2D eigenvalue weighted by atomic mass is 32.2. The van der Waals surface area contributed by atoms with Crippen molar-refractivity contribution < 1.29 is 4.79 Å². The van der Waals surface area contributed by atoms with E-state index >= 15 is 0 Å². The third kappa shape index (κ3) is 3.10. The van der Waals surface area contributed by atoms with Crippen molar-refractivity contribution in [2.45, 2.75) is 6.92 Å². The smallest absolute Gasteiger partial charge is 0.306 e. The molecule has 0 bridgehead atoms. The minimum absolute atomic E-state index is 0.111. The van der Waals surface area contributed by atoms with E-state index in [-0.39, 0.29) is 10.8 Å². The number of aromatic nitrogens is 2. The van der Waals surface area contributed by atoms with Crippen molar-refractivity contribution in [3.8, 4) is 0 Å². The fraction of sp³-hybridized carbons (Fsp3) is 0.167. The van der Waals surface area contributed by atoms with Gasteiger partial charge in [-0.25, -0.2) is 4.79 Å². The Morgan fingerprint density at radius 2 is 2.12 bits per heavy atom. The number of carbonyl (C=O) groups excluding carboxylic acids is 1. The zero-order valence-corrected chi connectivity index (χ0v) is 10.1. The monoisotopic (exact) mass is 248 g/mol. The predicted octanol–water partition coefficient (Wildman–Crippen LogP) is 2.15. The molecule has 2 N–H and O–H groups in total. The van der Waals surface area contributed by atoms with Gasteiger partial charge in [-0.15, -0.1) is 0 Å². The Bertz CT molecular complexity index is 625. The zero-order valence-electron chi connectivity index (χ0n) is 9.32. The Hall–Kier alpha value is -1.75. The van der Waals surface area contributed by atoms with Gasteiger partial charge in [0.15, 0.2) is 5.12 Å². The van der Waals surface area contributed by atoms with Crippen LogP contribution in [-0.2, 0) is 4.79 Å². The van der Waals surface area contributed by atoms with Crippen LogP contribution >= 0.6 is 11.8 Å². The van der Waals surface area contributed by atoms with Gasteiger partial charge in [-0.1, -0.05) is 30.0 Å². The first-order valence-electron chi connectivity index (χ1n) is 5.17. The lowest BCUT2D eigenvalue weighted by molar-refractivity contribution is -0.109. The third-order valence-corrected chi connectivity index (χ3v) is 3.00. The van der Waals surface area contributed by atoms with E-state index in [4.69, 9.17) is 0 Å². The van der Waals surface area contributed by atoms with E-state index in [9.17, 15) is 9.59 Å². The molecule has 0 saturated heterocycles. The number of imidazole rings is 1. The van der Waals surface area contributed by atoms with Gasteiger partial charge in [0.2, 0.25) is 0 Å². The quantitative estimate of drug-likeness (QED) is 0.874. The van der Waals surface area contributed by atoms with E-state index in [1.165, 1.54) is 11.8 Å². The van der Waals surface area contributed by atoms with Crippen molar-refractivity contribution >= 4 is 34.0 Å². The number of hydrogen-bond acceptors (Lipinski definition) is 3. The van der Waals surface area contributed by atoms with E-state index in [1.54, 1.807) is 6.92 Å². The molecule has 0 saturated carbocycles. The van der Waals surface area contributed by atoms with Crippen molar-refractivity contribution in [2.75, 3.05) is 5.75 Å². The molecule has 88 valence electrons. The summed E-state index contributed by atoms with van der Waals surface area (Å²) < 4.78 is 0. The number of carbonyl (C=O) groups is 1. The maximum absolute atomic E-state index is 11.1. The highest BCUT2D eigenvalue weighted by Gasteiger charge is 1.97. The molecule has 0 radical (unpaired) electrons. The van der Waals surface area contributed by atoms with Gasteiger partial charge in [0.05, 0.1) is 11.0 Å². The van der Waals surface area contributed by atoms with Gasteiger partial charge in [-0.3, -0.25) is 4.79 Å². The highest BCUT2D eigenvalue weighted by Crippen LogP contribution is 2.12. The van der Waals surface area contributed by atoms with E-state index in [0.29, 0.717) is 5.75 Å². The summed E-state index contributed by atoms with van der Waals surface area (Å²) in [6, 6.07) is 5.66. The van der Waals surface area contributed by atoms with Gasteiger partial charge < -0.3 is 9.97 Å². The molecule has 1 aromatic carbocycles. The number of H-pyrrole nitrogens is 2. The Morgan fingerprint density at radius 1 is 1.35 bits per heavy atom. The summed E-state index contributed by atoms with van der Waals surface area (Å²) in [6.45, 7) is 1.55. The summed E-state index contributed by atoms with van der Waals surface area (Å²) in [5, 5.41) is 0.111. The van der Waals surface area contributed by atoms with E-state index in [1.807, 2.05) is 30.4 Å². The summed E-state index contributed by atoms with van der Waals surface area (Å²) >= 11 is 1.27. The molecular weight excluding hydrogens is 236 g/mol. The summed E-state index contributed by atoms with van der Waals surface area (Å²) in [6.07, 6.45) is 3.86. The third-order valence-electron chi connectivity index (χ3n) is 2.23. The van der Waals surface area contributed by atoms with Crippen LogP contribution in [0.3, 0.4) is 0 Å². The molecule has 0 fully saturated rings. The normalized spacial score (nSPS) is 11.4. The standard InChI is InChI=1S/C12H12N2O2S/c1-8(15)17-6-2-3-9-4-5-10-11(7-9)14-12(16)13-10/h2-5,7H,6H2,1H3,(H2,13,14,16). The molecule has 2 aromatic rings. The maximum Gasteiger partial charge on any atom is 0.323 e. The number of hydrogen-bond donors (Lipinski definition) is 2. The summed E-state index contributed by atoms with van der Waals surface area (Å²) in [4.78, 5) is 27.2. The average molecular weight is 248 g/mol. The molecule has 0 atom stereocenters. The molecule has 0 spiro atoms. The minimum Gasteiger partial charge on any atom is -0.306 e. The molecule has 17 heavy (non-hydrogen) atoms. The highest BCUT2D eigenvalue weighted by molar-refractivity contribution is 8.13. The molecule has 0 aliphatic rings. The Balaban J connectivity index is 2.13. The first kappa shape index (κ1) is 11.7. The largest absolute Gasteiger partial charge is 0.323 e. The topological polar surface area (TPSA) is 65.7 Å². The molecule has 1 heterocycles. The van der Waals surface area contributed by atoms with Crippen LogP contribution in [0.4, 0.5) is 0 Å². The van der Waals surface area contributed by atoms with Crippen molar-refractivity contribution in [3.63, 3.8) is 0 Å². The van der Waals surface area contributed by atoms with Crippen LogP contribution in [0.2, 0.25) is 0 Å². The molecule has 2 rings (SSSR count). The SMILES string of the molecule is CC(=O)SCC=Cc1ccc2[nH]c(=O)[nH]c2c1.